The van der Waals surface area contributed by atoms with Crippen LogP contribution in [0.2, 0.25) is 0 Å². The third-order valence-electron chi connectivity index (χ3n) is 3.71. The van der Waals surface area contributed by atoms with Gasteiger partial charge < -0.3 is 4.74 Å². The van der Waals surface area contributed by atoms with Crippen LogP contribution in [0.1, 0.15) is 24.9 Å². The van der Waals surface area contributed by atoms with Gasteiger partial charge in [-0.1, -0.05) is 48.5 Å². The van der Waals surface area contributed by atoms with E-state index in [1.807, 2.05) is 53.6 Å². The molecule has 1 saturated heterocycles. The van der Waals surface area contributed by atoms with E-state index in [4.69, 9.17) is 9.57 Å². The maximum Gasteiger partial charge on any atom is 0.338 e. The van der Waals surface area contributed by atoms with Gasteiger partial charge in [0.2, 0.25) is 0 Å². The van der Waals surface area contributed by atoms with Gasteiger partial charge in [0.1, 0.15) is 0 Å². The Hall–Kier alpha value is -2.33. The Bertz CT molecular complexity index is 567. The number of para-hydroxylation sites is 1. The number of benzene rings is 2. The van der Waals surface area contributed by atoms with Crippen LogP contribution in [0.25, 0.3) is 0 Å². The molecule has 0 spiro atoms. The molecule has 114 valence electrons. The quantitative estimate of drug-likeness (QED) is 0.810. The molecule has 1 aliphatic rings. The van der Waals surface area contributed by atoms with Gasteiger partial charge in [0.25, 0.3) is 0 Å². The standard InChI is InChI=1S/C18H19NO3/c1-2-21-18(20)17-13-16(14-9-5-3-6-10-14)19(22-17)15-11-7-4-8-12-15/h3-12,16-17H,2,13H2,1H3/t16-,17-/m1/s1. The van der Waals surface area contributed by atoms with E-state index >= 15 is 0 Å². The van der Waals surface area contributed by atoms with Crippen LogP contribution in [0.15, 0.2) is 60.7 Å². The van der Waals surface area contributed by atoms with Crippen molar-refractivity contribution in [2.75, 3.05) is 11.7 Å². The van der Waals surface area contributed by atoms with Gasteiger partial charge in [-0.2, -0.15) is 0 Å². The van der Waals surface area contributed by atoms with Crippen molar-refractivity contribution < 1.29 is 14.4 Å². The Morgan fingerprint density at radius 3 is 2.41 bits per heavy atom. The summed E-state index contributed by atoms with van der Waals surface area (Å²) in [6, 6.07) is 19.9. The van der Waals surface area contributed by atoms with Gasteiger partial charge in [-0.25, -0.2) is 9.86 Å². The molecule has 0 saturated carbocycles. The average molecular weight is 297 g/mol. The predicted molar refractivity (Wildman–Crippen MR) is 84.2 cm³/mol. The van der Waals surface area contributed by atoms with Crippen molar-refractivity contribution in [1.29, 1.82) is 0 Å². The molecular weight excluding hydrogens is 278 g/mol. The van der Waals surface area contributed by atoms with Crippen molar-refractivity contribution in [3.05, 3.63) is 66.2 Å². The van der Waals surface area contributed by atoms with Gasteiger partial charge in [0, 0.05) is 6.42 Å². The number of carbonyl (C=O) groups excluding carboxylic acids is 1. The number of hydrogen-bond acceptors (Lipinski definition) is 4. The lowest BCUT2D eigenvalue weighted by molar-refractivity contribution is -0.154. The second-order valence-corrected chi connectivity index (χ2v) is 5.17. The minimum Gasteiger partial charge on any atom is -0.464 e. The van der Waals surface area contributed by atoms with Gasteiger partial charge in [-0.15, -0.1) is 0 Å². The lowest BCUT2D eigenvalue weighted by atomic mass is 10.0. The maximum absolute atomic E-state index is 12.0. The molecular formula is C18H19NO3. The fraction of sp³-hybridized carbons (Fsp3) is 0.278. The number of hydroxylamine groups is 1. The Labute approximate surface area is 130 Å². The van der Waals surface area contributed by atoms with Crippen molar-refractivity contribution in [2.45, 2.75) is 25.5 Å². The molecule has 0 bridgehead atoms. The lowest BCUT2D eigenvalue weighted by Gasteiger charge is -2.24. The lowest BCUT2D eigenvalue weighted by Crippen LogP contribution is -2.26. The zero-order chi connectivity index (χ0) is 15.4. The van der Waals surface area contributed by atoms with Gasteiger partial charge >= 0.3 is 5.97 Å². The van der Waals surface area contributed by atoms with Crippen molar-refractivity contribution in [3.8, 4) is 0 Å². The van der Waals surface area contributed by atoms with Crippen LogP contribution in [0.3, 0.4) is 0 Å². The summed E-state index contributed by atoms with van der Waals surface area (Å²) in [6.07, 6.45) is 0.0166. The molecule has 0 aromatic heterocycles. The highest BCUT2D eigenvalue weighted by Gasteiger charge is 2.39. The second kappa shape index (κ2) is 6.62. The van der Waals surface area contributed by atoms with Gasteiger partial charge in [-0.3, -0.25) is 4.84 Å². The van der Waals surface area contributed by atoms with Crippen LogP contribution in [-0.2, 0) is 14.4 Å². The smallest absolute Gasteiger partial charge is 0.338 e. The number of esters is 1. The SMILES string of the molecule is CCOC(=O)[C@H]1C[C@H](c2ccccc2)N(c2ccccc2)O1. The number of carbonyl (C=O) groups is 1. The molecule has 1 aliphatic heterocycles. The predicted octanol–water partition coefficient (Wildman–Crippen LogP) is 3.50. The minimum absolute atomic E-state index is 0.00185. The van der Waals surface area contributed by atoms with Crippen molar-refractivity contribution >= 4 is 11.7 Å². The first kappa shape index (κ1) is 14.6. The zero-order valence-electron chi connectivity index (χ0n) is 12.5. The summed E-state index contributed by atoms with van der Waals surface area (Å²) in [5.74, 6) is -0.304. The summed E-state index contributed by atoms with van der Waals surface area (Å²) in [6.45, 7) is 2.16. The Balaban J connectivity index is 1.89. The van der Waals surface area contributed by atoms with Gasteiger partial charge in [-0.05, 0) is 24.6 Å². The first-order valence-electron chi connectivity index (χ1n) is 7.52. The monoisotopic (exact) mass is 297 g/mol. The molecule has 4 heteroatoms. The number of hydrogen-bond donors (Lipinski definition) is 0. The molecule has 3 rings (SSSR count). The molecule has 2 aromatic carbocycles. The Morgan fingerprint density at radius 2 is 1.77 bits per heavy atom. The van der Waals surface area contributed by atoms with Gasteiger partial charge in [0.15, 0.2) is 6.10 Å². The molecule has 2 aromatic rings. The van der Waals surface area contributed by atoms with E-state index in [-0.39, 0.29) is 12.0 Å². The minimum atomic E-state index is -0.564. The molecule has 1 heterocycles. The van der Waals surface area contributed by atoms with E-state index in [9.17, 15) is 4.79 Å². The average Bonchev–Trinajstić information content (AvgIpc) is 3.02. The normalized spacial score (nSPS) is 20.9. The van der Waals surface area contributed by atoms with Crippen molar-refractivity contribution in [1.82, 2.24) is 0 Å². The molecule has 0 unspecified atom stereocenters. The van der Waals surface area contributed by atoms with Gasteiger partial charge in [0.05, 0.1) is 18.3 Å². The fourth-order valence-electron chi connectivity index (χ4n) is 2.69. The summed E-state index contributed by atoms with van der Waals surface area (Å²) in [7, 11) is 0. The molecule has 1 fully saturated rings. The topological polar surface area (TPSA) is 38.8 Å². The summed E-state index contributed by atoms with van der Waals surface area (Å²) in [5, 5.41) is 1.82. The molecule has 4 nitrogen and oxygen atoms in total. The van der Waals surface area contributed by atoms with E-state index in [2.05, 4.69) is 12.1 Å². The molecule has 0 aliphatic carbocycles. The summed E-state index contributed by atoms with van der Waals surface area (Å²) in [5.41, 5.74) is 2.06. The maximum atomic E-state index is 12.0. The fourth-order valence-corrected chi connectivity index (χ4v) is 2.69. The summed E-state index contributed by atoms with van der Waals surface area (Å²) < 4.78 is 5.10. The van der Waals surface area contributed by atoms with Crippen LogP contribution in [0, 0.1) is 0 Å². The molecule has 0 radical (unpaired) electrons. The molecule has 22 heavy (non-hydrogen) atoms. The molecule has 2 atom stereocenters. The number of rotatable bonds is 4. The number of nitrogens with zero attached hydrogens (tertiary/aromatic N) is 1. The first-order chi connectivity index (χ1) is 10.8. The van der Waals surface area contributed by atoms with E-state index in [1.165, 1.54) is 0 Å². The highest BCUT2D eigenvalue weighted by atomic mass is 16.7. The van der Waals surface area contributed by atoms with E-state index < -0.39 is 6.10 Å². The zero-order valence-corrected chi connectivity index (χ0v) is 12.5. The molecule has 0 N–H and O–H groups in total. The van der Waals surface area contributed by atoms with E-state index in [0.29, 0.717) is 13.0 Å². The van der Waals surface area contributed by atoms with Crippen LogP contribution < -0.4 is 5.06 Å². The second-order valence-electron chi connectivity index (χ2n) is 5.17. The van der Waals surface area contributed by atoms with E-state index in [1.54, 1.807) is 6.92 Å². The number of anilines is 1. The van der Waals surface area contributed by atoms with E-state index in [0.717, 1.165) is 11.3 Å². The molecule has 0 amide bonds. The third-order valence-corrected chi connectivity index (χ3v) is 3.71. The summed E-state index contributed by atoms with van der Waals surface area (Å²) in [4.78, 5) is 17.9. The van der Waals surface area contributed by atoms with Crippen molar-refractivity contribution in [2.24, 2.45) is 0 Å². The number of ether oxygens (including phenoxy) is 1. The highest BCUT2D eigenvalue weighted by molar-refractivity contribution is 5.75. The third kappa shape index (κ3) is 2.97. The summed E-state index contributed by atoms with van der Waals surface area (Å²) >= 11 is 0. The van der Waals surface area contributed by atoms with Crippen LogP contribution >= 0.6 is 0 Å². The van der Waals surface area contributed by atoms with Crippen LogP contribution in [-0.4, -0.2) is 18.7 Å². The Morgan fingerprint density at radius 1 is 1.14 bits per heavy atom. The largest absolute Gasteiger partial charge is 0.464 e. The highest BCUT2D eigenvalue weighted by Crippen LogP contribution is 2.38. The van der Waals surface area contributed by atoms with Crippen molar-refractivity contribution in [3.63, 3.8) is 0 Å². The first-order valence-corrected chi connectivity index (χ1v) is 7.52. The Kier molecular flexibility index (Phi) is 4.39. The van der Waals surface area contributed by atoms with Crippen LogP contribution in [0.5, 0.6) is 0 Å². The van der Waals surface area contributed by atoms with Crippen LogP contribution in [0.4, 0.5) is 5.69 Å².